The van der Waals surface area contributed by atoms with Crippen molar-refractivity contribution in [2.75, 3.05) is 36.5 Å². The molecule has 2 aromatic carbocycles. The van der Waals surface area contributed by atoms with E-state index >= 15 is 0 Å². The average Bonchev–Trinajstić information content (AvgIpc) is 3.52. The highest BCUT2D eigenvalue weighted by atomic mass is 19.1. The second-order valence-electron chi connectivity index (χ2n) is 10.2. The van der Waals surface area contributed by atoms with Crippen molar-refractivity contribution >= 4 is 39.1 Å². The van der Waals surface area contributed by atoms with E-state index in [-0.39, 0.29) is 17.3 Å². The van der Waals surface area contributed by atoms with E-state index in [1.54, 1.807) is 24.0 Å². The third-order valence-corrected chi connectivity index (χ3v) is 7.12. The number of benzene rings is 2. The molecular formula is C27H30FN7O2. The van der Waals surface area contributed by atoms with Crippen LogP contribution in [0, 0.1) is 5.82 Å². The molecule has 2 aromatic heterocycles. The minimum absolute atomic E-state index is 0.102. The Balaban J connectivity index is 1.41. The monoisotopic (exact) mass is 503 g/mol. The minimum atomic E-state index is -0.485. The number of anilines is 2. The molecule has 0 aliphatic carbocycles. The highest BCUT2D eigenvalue weighted by molar-refractivity contribution is 6.14. The van der Waals surface area contributed by atoms with Gasteiger partial charge in [-0.05, 0) is 44.5 Å². The van der Waals surface area contributed by atoms with Gasteiger partial charge in [0.25, 0.3) is 5.91 Å². The van der Waals surface area contributed by atoms with Crippen LogP contribution < -0.4 is 15.5 Å². The lowest BCUT2D eigenvalue weighted by atomic mass is 10.0. The van der Waals surface area contributed by atoms with E-state index in [1.807, 2.05) is 18.3 Å². The fraction of sp³-hybridized carbons (Fsp3) is 0.407. The molecule has 2 aliphatic rings. The van der Waals surface area contributed by atoms with Gasteiger partial charge in [0.05, 0.1) is 17.7 Å². The molecule has 1 amide bonds. The van der Waals surface area contributed by atoms with Crippen molar-refractivity contribution in [1.29, 1.82) is 0 Å². The number of nitrogens with zero attached hydrogens (tertiary/aromatic N) is 5. The van der Waals surface area contributed by atoms with Crippen LogP contribution in [0.25, 0.3) is 21.8 Å². The molecule has 9 nitrogen and oxygen atoms in total. The van der Waals surface area contributed by atoms with Crippen LogP contribution in [0.15, 0.2) is 36.7 Å². The number of rotatable bonds is 4. The zero-order valence-electron chi connectivity index (χ0n) is 21.2. The van der Waals surface area contributed by atoms with Crippen LogP contribution in [-0.4, -0.2) is 64.0 Å². The lowest BCUT2D eigenvalue weighted by molar-refractivity contribution is 0.102. The predicted molar refractivity (Wildman–Crippen MR) is 141 cm³/mol. The summed E-state index contributed by atoms with van der Waals surface area (Å²) in [6.07, 6.45) is 4.40. The van der Waals surface area contributed by atoms with Crippen LogP contribution in [0.4, 0.5) is 15.8 Å². The van der Waals surface area contributed by atoms with Crippen LogP contribution in [0.1, 0.15) is 42.4 Å². The van der Waals surface area contributed by atoms with Crippen LogP contribution in [-0.2, 0) is 11.8 Å². The van der Waals surface area contributed by atoms with Gasteiger partial charge in [0.15, 0.2) is 5.82 Å². The Morgan fingerprint density at radius 3 is 2.76 bits per heavy atom. The molecule has 2 aliphatic heterocycles. The Hall–Kier alpha value is -3.63. The summed E-state index contributed by atoms with van der Waals surface area (Å²) >= 11 is 0. The maximum Gasteiger partial charge on any atom is 0.257 e. The third kappa shape index (κ3) is 4.51. The maximum absolute atomic E-state index is 14.6. The Labute approximate surface area is 214 Å². The van der Waals surface area contributed by atoms with E-state index in [2.05, 4.69) is 34.5 Å². The number of piperazine rings is 1. The Morgan fingerprint density at radius 2 is 2.00 bits per heavy atom. The largest absolute Gasteiger partial charge is 0.381 e. The molecule has 2 fully saturated rings. The molecule has 192 valence electrons. The van der Waals surface area contributed by atoms with Crippen LogP contribution in [0.2, 0.25) is 0 Å². The quantitative estimate of drug-likeness (QED) is 0.439. The number of carbonyl (C=O) groups excluding carboxylic acids is 1. The van der Waals surface area contributed by atoms with Crippen molar-refractivity contribution in [2.45, 2.75) is 38.3 Å². The zero-order chi connectivity index (χ0) is 25.7. The summed E-state index contributed by atoms with van der Waals surface area (Å²) in [4.78, 5) is 25.5. The summed E-state index contributed by atoms with van der Waals surface area (Å²) in [6, 6.07) is 7.45. The summed E-state index contributed by atoms with van der Waals surface area (Å²) in [5.74, 6) is -0.0543. The van der Waals surface area contributed by atoms with Gasteiger partial charge >= 0.3 is 0 Å². The highest BCUT2D eigenvalue weighted by Crippen LogP contribution is 2.32. The molecule has 4 heterocycles. The summed E-state index contributed by atoms with van der Waals surface area (Å²) in [6.45, 7) is 7.27. The third-order valence-electron chi connectivity index (χ3n) is 7.12. The van der Waals surface area contributed by atoms with Gasteiger partial charge in [-0.15, -0.1) is 0 Å². The molecule has 0 spiro atoms. The first kappa shape index (κ1) is 23.7. The van der Waals surface area contributed by atoms with Gasteiger partial charge in [-0.2, -0.15) is 5.10 Å². The lowest BCUT2D eigenvalue weighted by Crippen LogP contribution is -2.54. The topological polar surface area (TPSA) is 97.2 Å². The fourth-order valence-corrected chi connectivity index (χ4v) is 5.52. The van der Waals surface area contributed by atoms with Gasteiger partial charge < -0.3 is 20.3 Å². The molecule has 0 bridgehead atoms. The normalized spacial score (nSPS) is 22.2. The Morgan fingerprint density at radius 1 is 1.19 bits per heavy atom. The summed E-state index contributed by atoms with van der Waals surface area (Å²) in [5.41, 5.74) is 2.65. The molecular weight excluding hydrogens is 473 g/mol. The zero-order valence-corrected chi connectivity index (χ0v) is 21.2. The van der Waals surface area contributed by atoms with E-state index in [4.69, 9.17) is 14.7 Å². The van der Waals surface area contributed by atoms with Crippen LogP contribution in [0.5, 0.6) is 0 Å². The van der Waals surface area contributed by atoms with Crippen LogP contribution in [0.3, 0.4) is 0 Å². The first-order chi connectivity index (χ1) is 17.9. The first-order valence-corrected chi connectivity index (χ1v) is 12.7. The van der Waals surface area contributed by atoms with Gasteiger partial charge in [-0.3, -0.25) is 9.48 Å². The fourth-order valence-electron chi connectivity index (χ4n) is 5.52. The average molecular weight is 504 g/mol. The summed E-state index contributed by atoms with van der Waals surface area (Å²) < 4.78 is 21.7. The minimum Gasteiger partial charge on any atom is -0.381 e. The van der Waals surface area contributed by atoms with E-state index in [1.165, 1.54) is 6.07 Å². The number of amides is 1. The number of hydrogen-bond donors (Lipinski definition) is 2. The van der Waals surface area contributed by atoms with Crippen LogP contribution >= 0.6 is 0 Å². The molecule has 6 rings (SSSR count). The highest BCUT2D eigenvalue weighted by Gasteiger charge is 2.26. The molecule has 4 aromatic rings. The summed E-state index contributed by atoms with van der Waals surface area (Å²) in [5, 5.41) is 12.0. The van der Waals surface area contributed by atoms with Gasteiger partial charge in [-0.25, -0.2) is 14.4 Å². The van der Waals surface area contributed by atoms with E-state index in [9.17, 15) is 9.18 Å². The number of fused-ring (bicyclic) bond motifs is 2. The second kappa shape index (κ2) is 9.35. The molecule has 2 saturated heterocycles. The second-order valence-corrected chi connectivity index (χ2v) is 10.2. The smallest absolute Gasteiger partial charge is 0.257 e. The van der Waals surface area contributed by atoms with Crippen molar-refractivity contribution in [3.63, 3.8) is 0 Å². The summed E-state index contributed by atoms with van der Waals surface area (Å²) in [7, 11) is 1.73. The molecule has 10 heteroatoms. The SMILES string of the molecule is C[C@H]1CN(c2ccc(C(=O)Nc3cc(F)c4nn(C)cc4c3)c3nc([C@H]4CCOC4)ncc23)C[C@H](C)N1. The van der Waals surface area contributed by atoms with Crippen molar-refractivity contribution in [3.05, 3.63) is 53.9 Å². The van der Waals surface area contributed by atoms with Gasteiger partial charge in [0.2, 0.25) is 0 Å². The van der Waals surface area contributed by atoms with Crippen molar-refractivity contribution < 1.29 is 13.9 Å². The van der Waals surface area contributed by atoms with Gasteiger partial charge in [-0.1, -0.05) is 0 Å². The molecule has 2 N–H and O–H groups in total. The van der Waals surface area contributed by atoms with Crippen molar-refractivity contribution in [1.82, 2.24) is 25.1 Å². The molecule has 0 unspecified atom stereocenters. The number of halogens is 1. The molecule has 37 heavy (non-hydrogen) atoms. The first-order valence-electron chi connectivity index (χ1n) is 12.7. The number of ether oxygens (including phenoxy) is 1. The van der Waals surface area contributed by atoms with Gasteiger partial charge in [0, 0.05) is 79.3 Å². The maximum atomic E-state index is 14.6. The van der Waals surface area contributed by atoms with E-state index in [0.717, 1.165) is 30.6 Å². The molecule has 0 radical (unpaired) electrons. The lowest BCUT2D eigenvalue weighted by Gasteiger charge is -2.38. The number of carbonyl (C=O) groups is 1. The van der Waals surface area contributed by atoms with E-state index < -0.39 is 5.82 Å². The number of aryl methyl sites for hydroxylation is 1. The van der Waals surface area contributed by atoms with E-state index in [0.29, 0.717) is 53.3 Å². The number of nitrogens with one attached hydrogen (secondary N) is 2. The Bertz CT molecular complexity index is 1490. The van der Waals surface area contributed by atoms with Crippen molar-refractivity contribution in [2.24, 2.45) is 7.05 Å². The number of aromatic nitrogens is 4. The van der Waals surface area contributed by atoms with Gasteiger partial charge in [0.1, 0.15) is 11.3 Å². The standard InChI is InChI=1S/C27H30FN7O2/c1-15-11-35(12-16(2)30-15)23-5-4-20(25-21(23)10-29-26(32-25)17-6-7-37-14-17)27(36)31-19-8-18-13-34(3)33-24(18)22(28)9-19/h4-5,8-10,13,15-17,30H,6-7,11-12,14H2,1-3H3,(H,31,36)/t15-,16-,17-/m0/s1. The molecule has 0 saturated carbocycles. The predicted octanol–water partition coefficient (Wildman–Crippen LogP) is 3.60. The number of hydrogen-bond acceptors (Lipinski definition) is 7. The van der Waals surface area contributed by atoms with Crippen molar-refractivity contribution in [3.8, 4) is 0 Å². The Kier molecular flexibility index (Phi) is 6.00. The molecule has 3 atom stereocenters.